The lowest BCUT2D eigenvalue weighted by atomic mass is 10.1. The largest absolute Gasteiger partial charge is 0.469 e. The molecule has 1 atom stereocenters. The Morgan fingerprint density at radius 2 is 1.97 bits per heavy atom. The summed E-state index contributed by atoms with van der Waals surface area (Å²) in [5.41, 5.74) is -0.366. The van der Waals surface area contributed by atoms with Crippen molar-refractivity contribution in [1.82, 2.24) is 24.4 Å². The lowest BCUT2D eigenvalue weighted by Gasteiger charge is -2.15. The van der Waals surface area contributed by atoms with Crippen molar-refractivity contribution in [1.29, 1.82) is 0 Å². The average Bonchev–Trinajstić information content (AvgIpc) is 3.33. The van der Waals surface area contributed by atoms with Crippen molar-refractivity contribution in [2.24, 2.45) is 7.05 Å². The minimum atomic E-state index is -0.633. The maximum absolute atomic E-state index is 13.0. The summed E-state index contributed by atoms with van der Waals surface area (Å²) in [6.45, 7) is 1.46. The fourth-order valence-electron chi connectivity index (χ4n) is 3.51. The summed E-state index contributed by atoms with van der Waals surface area (Å²) in [5.74, 6) is 0.752. The molecule has 0 fully saturated rings. The van der Waals surface area contributed by atoms with Gasteiger partial charge in [0.2, 0.25) is 5.91 Å². The van der Waals surface area contributed by atoms with Crippen LogP contribution >= 0.6 is 11.6 Å². The number of halogens is 1. The summed E-state index contributed by atoms with van der Waals surface area (Å²) < 4.78 is 7.42. The third kappa shape index (κ3) is 4.88. The zero-order chi connectivity index (χ0) is 23.5. The Morgan fingerprint density at radius 1 is 1.21 bits per heavy atom. The highest BCUT2D eigenvalue weighted by Gasteiger charge is 2.17. The third-order valence-corrected chi connectivity index (χ3v) is 5.55. The molecule has 1 aromatic carbocycles. The summed E-state index contributed by atoms with van der Waals surface area (Å²) in [6, 6.07) is 10.4. The van der Waals surface area contributed by atoms with Gasteiger partial charge < -0.3 is 9.73 Å². The van der Waals surface area contributed by atoms with E-state index in [1.165, 1.54) is 17.8 Å². The van der Waals surface area contributed by atoms with Gasteiger partial charge in [-0.05, 0) is 49.7 Å². The molecule has 170 valence electrons. The number of aryl methyl sites for hydroxylation is 2. The molecule has 3 aromatic heterocycles. The van der Waals surface area contributed by atoms with Crippen LogP contribution in [0.2, 0.25) is 5.02 Å². The third-order valence-electron chi connectivity index (χ3n) is 5.30. The first kappa shape index (κ1) is 22.5. The highest BCUT2D eigenvalue weighted by Crippen LogP contribution is 2.19. The van der Waals surface area contributed by atoms with Crippen LogP contribution < -0.4 is 16.6 Å². The minimum Gasteiger partial charge on any atom is -0.469 e. The number of nitrogens with zero attached hydrogens (tertiary/aromatic N) is 4. The van der Waals surface area contributed by atoms with Crippen LogP contribution in [0.25, 0.3) is 22.4 Å². The summed E-state index contributed by atoms with van der Waals surface area (Å²) in [4.78, 5) is 47.0. The van der Waals surface area contributed by atoms with Gasteiger partial charge in [0.1, 0.15) is 17.7 Å². The van der Waals surface area contributed by atoms with Gasteiger partial charge in [-0.25, -0.2) is 14.8 Å². The summed E-state index contributed by atoms with van der Waals surface area (Å²) in [5, 5.41) is 3.54. The standard InChI is InChI=1S/C23H22ClN5O4/c1-14(5-10-17-4-3-11-33-17)26-19(30)13-29-22(31)18-12-25-20(15-6-8-16(24)9-7-15)27-21(18)28(2)23(29)32/h3-4,6-9,11-12,14H,5,10,13H2,1-2H3,(H,26,30)/t14-/m0/s1. The van der Waals surface area contributed by atoms with E-state index >= 15 is 0 Å². The number of amides is 1. The van der Waals surface area contributed by atoms with Gasteiger partial charge >= 0.3 is 5.69 Å². The Labute approximate surface area is 193 Å². The maximum Gasteiger partial charge on any atom is 0.332 e. The molecule has 3 heterocycles. The Morgan fingerprint density at radius 3 is 2.67 bits per heavy atom. The van der Waals surface area contributed by atoms with Gasteiger partial charge in [0.25, 0.3) is 5.56 Å². The minimum absolute atomic E-state index is 0.147. The molecule has 0 saturated heterocycles. The molecule has 1 amide bonds. The van der Waals surface area contributed by atoms with Crippen LogP contribution in [-0.4, -0.2) is 31.1 Å². The molecule has 33 heavy (non-hydrogen) atoms. The lowest BCUT2D eigenvalue weighted by Crippen LogP contribution is -2.45. The normalized spacial score (nSPS) is 12.1. The number of nitrogens with one attached hydrogen (secondary N) is 1. The Bertz CT molecular complexity index is 1410. The van der Waals surface area contributed by atoms with E-state index in [0.29, 0.717) is 29.3 Å². The Kier molecular flexibility index (Phi) is 6.41. The molecule has 0 saturated carbocycles. The Balaban J connectivity index is 1.56. The monoisotopic (exact) mass is 467 g/mol. The molecule has 4 rings (SSSR count). The number of fused-ring (bicyclic) bond motifs is 1. The number of hydrogen-bond donors (Lipinski definition) is 1. The number of aromatic nitrogens is 4. The molecular weight excluding hydrogens is 446 g/mol. The molecular formula is C23H22ClN5O4. The van der Waals surface area contributed by atoms with Crippen LogP contribution in [-0.2, 0) is 24.8 Å². The van der Waals surface area contributed by atoms with Gasteiger partial charge in [0.05, 0.1) is 6.26 Å². The predicted octanol–water partition coefficient (Wildman–Crippen LogP) is 2.54. The predicted molar refractivity (Wildman–Crippen MR) is 124 cm³/mol. The number of furan rings is 1. The average molecular weight is 468 g/mol. The zero-order valence-corrected chi connectivity index (χ0v) is 18.9. The highest BCUT2D eigenvalue weighted by molar-refractivity contribution is 6.30. The second-order valence-corrected chi connectivity index (χ2v) is 8.19. The summed E-state index contributed by atoms with van der Waals surface area (Å²) in [7, 11) is 1.50. The molecule has 1 N–H and O–H groups in total. The van der Waals surface area contributed by atoms with E-state index in [1.807, 2.05) is 19.1 Å². The zero-order valence-electron chi connectivity index (χ0n) is 18.1. The fraction of sp³-hybridized carbons (Fsp3) is 0.261. The van der Waals surface area contributed by atoms with Gasteiger partial charge in [-0.15, -0.1) is 0 Å². The second kappa shape index (κ2) is 9.41. The highest BCUT2D eigenvalue weighted by atomic mass is 35.5. The number of carbonyl (C=O) groups excluding carboxylic acids is 1. The first-order valence-corrected chi connectivity index (χ1v) is 10.8. The van der Waals surface area contributed by atoms with Crippen LogP contribution in [0.4, 0.5) is 0 Å². The van der Waals surface area contributed by atoms with E-state index in [2.05, 4.69) is 15.3 Å². The molecule has 0 aliphatic heterocycles. The van der Waals surface area contributed by atoms with Crippen molar-refractivity contribution in [3.8, 4) is 11.4 Å². The van der Waals surface area contributed by atoms with Gasteiger partial charge in [-0.1, -0.05) is 11.6 Å². The lowest BCUT2D eigenvalue weighted by molar-refractivity contribution is -0.122. The van der Waals surface area contributed by atoms with Crippen molar-refractivity contribution in [2.75, 3.05) is 0 Å². The molecule has 9 nitrogen and oxygen atoms in total. The van der Waals surface area contributed by atoms with Crippen LogP contribution in [0.1, 0.15) is 19.1 Å². The molecule has 0 spiro atoms. The maximum atomic E-state index is 13.0. The van der Waals surface area contributed by atoms with E-state index in [-0.39, 0.29) is 17.1 Å². The number of hydrogen-bond acceptors (Lipinski definition) is 6. The van der Waals surface area contributed by atoms with Gasteiger partial charge in [-0.2, -0.15) is 0 Å². The smallest absolute Gasteiger partial charge is 0.332 e. The SMILES string of the molecule is C[C@@H](CCc1ccco1)NC(=O)Cn1c(=O)c2cnc(-c3ccc(Cl)cc3)nc2n(C)c1=O. The molecule has 0 unspecified atom stereocenters. The van der Waals surface area contributed by atoms with Crippen molar-refractivity contribution < 1.29 is 9.21 Å². The molecule has 0 radical (unpaired) electrons. The topological polar surface area (TPSA) is 112 Å². The molecule has 10 heteroatoms. The van der Waals surface area contributed by atoms with E-state index in [1.54, 1.807) is 30.5 Å². The van der Waals surface area contributed by atoms with E-state index < -0.39 is 23.7 Å². The quantitative estimate of drug-likeness (QED) is 0.447. The van der Waals surface area contributed by atoms with E-state index in [0.717, 1.165) is 10.3 Å². The first-order chi connectivity index (χ1) is 15.8. The van der Waals surface area contributed by atoms with Crippen LogP contribution in [0.3, 0.4) is 0 Å². The Hall–Kier alpha value is -3.72. The van der Waals surface area contributed by atoms with Crippen molar-refractivity contribution in [2.45, 2.75) is 32.4 Å². The molecule has 0 aliphatic carbocycles. The van der Waals surface area contributed by atoms with Crippen molar-refractivity contribution in [3.63, 3.8) is 0 Å². The number of carbonyl (C=O) groups is 1. The van der Waals surface area contributed by atoms with Crippen LogP contribution in [0.15, 0.2) is 62.9 Å². The number of rotatable bonds is 7. The second-order valence-electron chi connectivity index (χ2n) is 7.76. The summed E-state index contributed by atoms with van der Waals surface area (Å²) >= 11 is 5.92. The van der Waals surface area contributed by atoms with E-state index in [4.69, 9.17) is 16.0 Å². The molecule has 0 bridgehead atoms. The van der Waals surface area contributed by atoms with Crippen LogP contribution in [0, 0.1) is 0 Å². The van der Waals surface area contributed by atoms with Gasteiger partial charge in [0.15, 0.2) is 11.5 Å². The first-order valence-electron chi connectivity index (χ1n) is 10.4. The fourth-order valence-corrected chi connectivity index (χ4v) is 3.64. The summed E-state index contributed by atoms with van der Waals surface area (Å²) in [6.07, 6.45) is 4.29. The van der Waals surface area contributed by atoms with Gasteiger partial charge in [-0.3, -0.25) is 18.7 Å². The molecule has 4 aromatic rings. The molecule has 0 aliphatic rings. The van der Waals surface area contributed by atoms with E-state index in [9.17, 15) is 14.4 Å². The number of benzene rings is 1. The van der Waals surface area contributed by atoms with Crippen LogP contribution in [0.5, 0.6) is 0 Å². The van der Waals surface area contributed by atoms with Gasteiger partial charge in [0, 0.05) is 36.3 Å². The van der Waals surface area contributed by atoms with Crippen molar-refractivity contribution >= 4 is 28.5 Å². The van der Waals surface area contributed by atoms with Crippen molar-refractivity contribution in [3.05, 3.63) is 80.5 Å².